The molecular weight excluding hydrogens is 452 g/mol. The number of hydrogen-bond donors (Lipinski definition) is 0. The molecule has 0 bridgehead atoms. The number of aryl methyl sites for hydroxylation is 1. The van der Waals surface area contributed by atoms with E-state index in [2.05, 4.69) is 0 Å². The van der Waals surface area contributed by atoms with Gasteiger partial charge in [0.15, 0.2) is 0 Å². The molecule has 0 aromatic heterocycles. The standard InChI is InChI=1S/C25H14F8/c1-2-12-3-5-16-13(7-12)4-6-17(24(16)30)14-8-18(26)22(19(27)9-14)15-10-20(28)23(21(29)11-15)25(31,32)33/h3-11H,2H2,1H3. The van der Waals surface area contributed by atoms with Gasteiger partial charge in [-0.2, -0.15) is 13.2 Å². The van der Waals surface area contributed by atoms with E-state index in [1.54, 1.807) is 24.3 Å². The first-order chi connectivity index (χ1) is 15.5. The number of halogens is 8. The molecule has 0 aliphatic rings. The molecule has 0 amide bonds. The summed E-state index contributed by atoms with van der Waals surface area (Å²) in [6.07, 6.45) is -4.58. The molecule has 4 aromatic carbocycles. The van der Waals surface area contributed by atoms with Crippen LogP contribution in [0.1, 0.15) is 18.1 Å². The lowest BCUT2D eigenvalue weighted by molar-refractivity contribution is -0.142. The van der Waals surface area contributed by atoms with Crippen LogP contribution in [0.25, 0.3) is 33.0 Å². The van der Waals surface area contributed by atoms with Crippen molar-refractivity contribution < 1.29 is 35.1 Å². The maximum atomic E-state index is 15.1. The zero-order valence-electron chi connectivity index (χ0n) is 16.9. The van der Waals surface area contributed by atoms with Crippen molar-refractivity contribution in [2.24, 2.45) is 0 Å². The van der Waals surface area contributed by atoms with Gasteiger partial charge in [-0.15, -0.1) is 0 Å². The minimum atomic E-state index is -5.32. The second-order valence-corrected chi connectivity index (χ2v) is 7.46. The van der Waals surface area contributed by atoms with Gasteiger partial charge < -0.3 is 0 Å². The van der Waals surface area contributed by atoms with E-state index >= 15 is 4.39 Å². The van der Waals surface area contributed by atoms with Crippen LogP contribution in [0, 0.1) is 29.1 Å². The number of benzene rings is 4. The Labute approximate surface area is 183 Å². The summed E-state index contributed by atoms with van der Waals surface area (Å²) in [7, 11) is 0. The van der Waals surface area contributed by atoms with Crippen LogP contribution in [0.3, 0.4) is 0 Å². The van der Waals surface area contributed by atoms with Gasteiger partial charge in [0, 0.05) is 10.9 Å². The molecule has 0 N–H and O–H groups in total. The lowest BCUT2D eigenvalue weighted by Crippen LogP contribution is -2.11. The van der Waals surface area contributed by atoms with Crippen molar-refractivity contribution in [3.63, 3.8) is 0 Å². The topological polar surface area (TPSA) is 0 Å². The van der Waals surface area contributed by atoms with E-state index < -0.39 is 52.0 Å². The Bertz CT molecular complexity index is 1340. The molecule has 4 rings (SSSR count). The monoisotopic (exact) mass is 466 g/mol. The first-order valence-corrected chi connectivity index (χ1v) is 9.78. The fourth-order valence-corrected chi connectivity index (χ4v) is 3.78. The highest BCUT2D eigenvalue weighted by atomic mass is 19.4. The fraction of sp³-hybridized carbons (Fsp3) is 0.120. The molecule has 8 heteroatoms. The van der Waals surface area contributed by atoms with E-state index in [-0.39, 0.29) is 28.6 Å². The largest absolute Gasteiger partial charge is 0.422 e. The van der Waals surface area contributed by atoms with Gasteiger partial charge in [0.05, 0.1) is 5.56 Å². The molecule has 4 aromatic rings. The van der Waals surface area contributed by atoms with E-state index in [0.717, 1.165) is 24.1 Å². The SMILES string of the molecule is CCc1ccc2c(F)c(-c3cc(F)c(-c4cc(F)c(C(F)(F)F)c(F)c4)c(F)c3)ccc2c1. The highest BCUT2D eigenvalue weighted by Gasteiger charge is 2.38. The molecule has 0 aliphatic carbocycles. The molecule has 0 radical (unpaired) electrons. The van der Waals surface area contributed by atoms with Crippen LogP contribution in [0.5, 0.6) is 0 Å². The Morgan fingerprint density at radius 2 is 1.24 bits per heavy atom. The molecule has 0 spiro atoms. The van der Waals surface area contributed by atoms with E-state index in [1.165, 1.54) is 6.07 Å². The van der Waals surface area contributed by atoms with Gasteiger partial charge in [-0.05, 0) is 52.8 Å². The highest BCUT2D eigenvalue weighted by molar-refractivity contribution is 5.89. The minimum absolute atomic E-state index is 0.110. The van der Waals surface area contributed by atoms with Crippen molar-refractivity contribution >= 4 is 10.8 Å². The van der Waals surface area contributed by atoms with Crippen LogP contribution in [-0.2, 0) is 12.6 Å². The summed E-state index contributed by atoms with van der Waals surface area (Å²) in [4.78, 5) is 0. The third-order valence-corrected chi connectivity index (χ3v) is 5.39. The zero-order chi connectivity index (χ0) is 24.1. The van der Waals surface area contributed by atoms with Gasteiger partial charge >= 0.3 is 6.18 Å². The van der Waals surface area contributed by atoms with Crippen LogP contribution < -0.4 is 0 Å². The Balaban J connectivity index is 1.83. The van der Waals surface area contributed by atoms with Gasteiger partial charge in [-0.3, -0.25) is 0 Å². The van der Waals surface area contributed by atoms with Crippen LogP contribution in [0.15, 0.2) is 54.6 Å². The van der Waals surface area contributed by atoms with Crippen LogP contribution >= 0.6 is 0 Å². The Morgan fingerprint density at radius 1 is 0.667 bits per heavy atom. The van der Waals surface area contributed by atoms with Gasteiger partial charge in [0.2, 0.25) is 0 Å². The summed E-state index contributed by atoms with van der Waals surface area (Å²) in [6, 6.07) is 9.95. The first-order valence-electron chi connectivity index (χ1n) is 9.78. The third-order valence-electron chi connectivity index (χ3n) is 5.39. The van der Waals surface area contributed by atoms with Gasteiger partial charge in [-0.1, -0.05) is 37.3 Å². The lowest BCUT2D eigenvalue weighted by atomic mass is 9.95. The molecule has 0 saturated carbocycles. The first kappa shape index (κ1) is 22.8. The number of fused-ring (bicyclic) bond motifs is 1. The van der Waals surface area contributed by atoms with E-state index in [4.69, 9.17) is 0 Å². The normalized spacial score (nSPS) is 11.9. The summed E-state index contributed by atoms with van der Waals surface area (Å²) >= 11 is 0. The Morgan fingerprint density at radius 3 is 1.79 bits per heavy atom. The summed E-state index contributed by atoms with van der Waals surface area (Å²) in [5.74, 6) is -7.36. The summed E-state index contributed by atoms with van der Waals surface area (Å²) in [5, 5.41) is 0.838. The van der Waals surface area contributed by atoms with Gasteiger partial charge in [0.1, 0.15) is 34.6 Å². The van der Waals surface area contributed by atoms with Gasteiger partial charge in [-0.25, -0.2) is 22.0 Å². The minimum Gasteiger partial charge on any atom is -0.206 e. The summed E-state index contributed by atoms with van der Waals surface area (Å²) < 4.78 is 111. The van der Waals surface area contributed by atoms with Crippen molar-refractivity contribution in [3.8, 4) is 22.3 Å². The lowest BCUT2D eigenvalue weighted by Gasteiger charge is -2.14. The Hall–Kier alpha value is -3.42. The third kappa shape index (κ3) is 4.05. The number of hydrogen-bond acceptors (Lipinski definition) is 0. The van der Waals surface area contributed by atoms with Crippen molar-refractivity contribution in [1.82, 2.24) is 0 Å². The van der Waals surface area contributed by atoms with E-state index in [1.807, 2.05) is 6.92 Å². The van der Waals surface area contributed by atoms with Crippen molar-refractivity contribution in [3.05, 3.63) is 94.8 Å². The van der Waals surface area contributed by atoms with Crippen LogP contribution in [0.4, 0.5) is 35.1 Å². The van der Waals surface area contributed by atoms with E-state index in [0.29, 0.717) is 5.39 Å². The van der Waals surface area contributed by atoms with Crippen LogP contribution in [0.2, 0.25) is 0 Å². The molecule has 0 aliphatic heterocycles. The summed E-state index contributed by atoms with van der Waals surface area (Å²) in [5.41, 5.74) is -3.16. The molecule has 0 unspecified atom stereocenters. The number of alkyl halides is 3. The second kappa shape index (κ2) is 8.17. The van der Waals surface area contributed by atoms with Crippen LogP contribution in [-0.4, -0.2) is 0 Å². The molecule has 0 nitrogen and oxygen atoms in total. The fourth-order valence-electron chi connectivity index (χ4n) is 3.78. The maximum Gasteiger partial charge on any atom is 0.422 e. The average molecular weight is 466 g/mol. The molecule has 0 atom stereocenters. The van der Waals surface area contributed by atoms with Crippen molar-refractivity contribution in [2.75, 3.05) is 0 Å². The Kier molecular flexibility index (Phi) is 5.64. The zero-order valence-corrected chi connectivity index (χ0v) is 16.9. The maximum absolute atomic E-state index is 15.1. The molecule has 0 fully saturated rings. The molecular formula is C25H14F8. The predicted octanol–water partition coefficient (Wildman–Crippen LogP) is 8.45. The highest BCUT2D eigenvalue weighted by Crippen LogP contribution is 2.38. The predicted molar refractivity (Wildman–Crippen MR) is 109 cm³/mol. The average Bonchev–Trinajstić information content (AvgIpc) is 2.71. The van der Waals surface area contributed by atoms with Gasteiger partial charge in [0.25, 0.3) is 0 Å². The molecule has 33 heavy (non-hydrogen) atoms. The summed E-state index contributed by atoms with van der Waals surface area (Å²) in [6.45, 7) is 1.94. The second-order valence-electron chi connectivity index (χ2n) is 7.46. The molecule has 170 valence electrons. The van der Waals surface area contributed by atoms with Crippen molar-refractivity contribution in [1.29, 1.82) is 0 Å². The quantitative estimate of drug-likeness (QED) is 0.266. The molecule has 0 saturated heterocycles. The number of rotatable bonds is 3. The smallest absolute Gasteiger partial charge is 0.206 e. The molecule has 0 heterocycles. The van der Waals surface area contributed by atoms with Crippen molar-refractivity contribution in [2.45, 2.75) is 19.5 Å². The van der Waals surface area contributed by atoms with E-state index in [9.17, 15) is 30.7 Å².